The molecule has 2 rings (SSSR count). The monoisotopic (exact) mass is 255 g/mol. The third kappa shape index (κ3) is 1.85. The molecule has 0 spiro atoms. The zero-order valence-electron chi connectivity index (χ0n) is 9.69. The van der Waals surface area contributed by atoms with Crippen LogP contribution in [0.3, 0.4) is 0 Å². The number of halogens is 4. The van der Waals surface area contributed by atoms with Crippen LogP contribution in [0.1, 0.15) is 11.3 Å². The summed E-state index contributed by atoms with van der Waals surface area (Å²) < 4.78 is 54.2. The van der Waals surface area contributed by atoms with Gasteiger partial charge in [-0.05, 0) is 26.0 Å². The van der Waals surface area contributed by atoms with Crippen molar-refractivity contribution in [1.82, 2.24) is 4.98 Å². The maximum absolute atomic E-state index is 13.7. The van der Waals surface area contributed by atoms with Gasteiger partial charge >= 0.3 is 0 Å². The SMILES string of the molecule is Cc1cccc(-c2c(F)c(F)c(C)c(F)c2F)n1. The van der Waals surface area contributed by atoms with Crippen LogP contribution in [0.4, 0.5) is 17.6 Å². The number of aromatic nitrogens is 1. The van der Waals surface area contributed by atoms with Crippen LogP contribution in [0.5, 0.6) is 0 Å². The van der Waals surface area contributed by atoms with E-state index in [1.165, 1.54) is 12.1 Å². The lowest BCUT2D eigenvalue weighted by molar-refractivity contribution is 0.449. The average molecular weight is 255 g/mol. The van der Waals surface area contributed by atoms with Gasteiger partial charge in [-0.2, -0.15) is 0 Å². The van der Waals surface area contributed by atoms with Crippen LogP contribution in [0.25, 0.3) is 11.3 Å². The van der Waals surface area contributed by atoms with E-state index in [4.69, 9.17) is 0 Å². The van der Waals surface area contributed by atoms with Gasteiger partial charge in [-0.15, -0.1) is 0 Å². The molecule has 0 radical (unpaired) electrons. The molecule has 0 N–H and O–H groups in total. The number of pyridine rings is 1. The predicted octanol–water partition coefficient (Wildman–Crippen LogP) is 3.92. The Balaban J connectivity index is 2.80. The molecule has 1 aromatic heterocycles. The Morgan fingerprint density at radius 2 is 1.39 bits per heavy atom. The van der Waals surface area contributed by atoms with E-state index in [0.29, 0.717) is 5.69 Å². The van der Waals surface area contributed by atoms with Gasteiger partial charge in [0.25, 0.3) is 0 Å². The van der Waals surface area contributed by atoms with Crippen LogP contribution in [0, 0.1) is 37.1 Å². The van der Waals surface area contributed by atoms with E-state index in [1.807, 2.05) is 0 Å². The van der Waals surface area contributed by atoms with E-state index < -0.39 is 34.4 Å². The molecule has 1 heterocycles. The molecular formula is C13H9F4N. The smallest absolute Gasteiger partial charge is 0.171 e. The molecule has 0 saturated carbocycles. The van der Waals surface area contributed by atoms with Gasteiger partial charge in [0.2, 0.25) is 0 Å². The molecule has 0 saturated heterocycles. The maximum Gasteiger partial charge on any atom is 0.171 e. The molecular weight excluding hydrogens is 246 g/mol. The quantitative estimate of drug-likeness (QED) is 0.556. The first-order valence-corrected chi connectivity index (χ1v) is 5.20. The molecule has 0 bridgehead atoms. The summed E-state index contributed by atoms with van der Waals surface area (Å²) in [6.45, 7) is 2.59. The Bertz CT molecular complexity index is 594. The standard InChI is InChI=1S/C13H9F4N/c1-6-4-3-5-8(18-6)9-12(16)10(14)7(2)11(15)13(9)17/h3-5H,1-2H3. The van der Waals surface area contributed by atoms with Crippen molar-refractivity contribution in [3.05, 3.63) is 52.7 Å². The third-order valence-electron chi connectivity index (χ3n) is 2.63. The zero-order valence-corrected chi connectivity index (χ0v) is 9.69. The number of rotatable bonds is 1. The second-order valence-corrected chi connectivity index (χ2v) is 3.92. The summed E-state index contributed by atoms with van der Waals surface area (Å²) in [5.41, 5.74) is -1.10. The van der Waals surface area contributed by atoms with Crippen molar-refractivity contribution in [2.75, 3.05) is 0 Å². The van der Waals surface area contributed by atoms with E-state index in [2.05, 4.69) is 4.98 Å². The molecule has 2 aromatic rings. The molecule has 5 heteroatoms. The average Bonchev–Trinajstić information content (AvgIpc) is 2.34. The maximum atomic E-state index is 13.7. The van der Waals surface area contributed by atoms with E-state index in [0.717, 1.165) is 6.92 Å². The molecule has 0 amide bonds. The van der Waals surface area contributed by atoms with Crippen molar-refractivity contribution < 1.29 is 17.6 Å². The topological polar surface area (TPSA) is 12.9 Å². The molecule has 0 aliphatic heterocycles. The summed E-state index contributed by atoms with van der Waals surface area (Å²) >= 11 is 0. The van der Waals surface area contributed by atoms with Crippen molar-refractivity contribution in [2.45, 2.75) is 13.8 Å². The molecule has 1 aromatic carbocycles. The molecule has 0 aliphatic rings. The normalized spacial score (nSPS) is 10.8. The lowest BCUT2D eigenvalue weighted by Gasteiger charge is -2.09. The van der Waals surface area contributed by atoms with Gasteiger partial charge in [-0.1, -0.05) is 6.07 Å². The lowest BCUT2D eigenvalue weighted by Crippen LogP contribution is -2.04. The van der Waals surface area contributed by atoms with Crippen molar-refractivity contribution in [2.24, 2.45) is 0 Å². The molecule has 1 nitrogen and oxygen atoms in total. The van der Waals surface area contributed by atoms with Crippen LogP contribution in [-0.2, 0) is 0 Å². The second-order valence-electron chi connectivity index (χ2n) is 3.92. The van der Waals surface area contributed by atoms with Crippen LogP contribution in [0.15, 0.2) is 18.2 Å². The second kappa shape index (κ2) is 4.40. The van der Waals surface area contributed by atoms with E-state index >= 15 is 0 Å². The minimum absolute atomic E-state index is 0.136. The summed E-state index contributed by atoms with van der Waals surface area (Å²) in [4.78, 5) is 3.86. The summed E-state index contributed by atoms with van der Waals surface area (Å²) in [5, 5.41) is 0. The van der Waals surface area contributed by atoms with E-state index in [1.54, 1.807) is 13.0 Å². The van der Waals surface area contributed by atoms with Crippen molar-refractivity contribution in [3.8, 4) is 11.3 Å². The van der Waals surface area contributed by atoms with Crippen LogP contribution < -0.4 is 0 Å². The Morgan fingerprint density at radius 3 is 1.89 bits per heavy atom. The van der Waals surface area contributed by atoms with Crippen molar-refractivity contribution >= 4 is 0 Å². The molecule has 0 fully saturated rings. The van der Waals surface area contributed by atoms with Gasteiger partial charge < -0.3 is 0 Å². The van der Waals surface area contributed by atoms with E-state index in [9.17, 15) is 17.6 Å². The number of hydrogen-bond acceptors (Lipinski definition) is 1. The number of benzene rings is 1. The van der Waals surface area contributed by atoms with E-state index in [-0.39, 0.29) is 5.69 Å². The van der Waals surface area contributed by atoms with Gasteiger partial charge in [-0.25, -0.2) is 17.6 Å². The molecule has 0 aliphatic carbocycles. The summed E-state index contributed by atoms with van der Waals surface area (Å²) in [5.74, 6) is -5.64. The Labute approximate surface area is 101 Å². The highest BCUT2D eigenvalue weighted by molar-refractivity contribution is 5.62. The zero-order chi connectivity index (χ0) is 13.4. The largest absolute Gasteiger partial charge is 0.253 e. The first-order chi connectivity index (χ1) is 8.43. The summed E-state index contributed by atoms with van der Waals surface area (Å²) in [6, 6.07) is 4.41. The number of aryl methyl sites for hydroxylation is 1. The fraction of sp³-hybridized carbons (Fsp3) is 0.154. The minimum Gasteiger partial charge on any atom is -0.253 e. The van der Waals surface area contributed by atoms with Gasteiger partial charge in [-0.3, -0.25) is 4.98 Å². The number of hydrogen-bond donors (Lipinski definition) is 0. The number of nitrogens with zero attached hydrogens (tertiary/aromatic N) is 1. The molecule has 0 atom stereocenters. The van der Waals surface area contributed by atoms with Gasteiger partial charge in [0.05, 0.1) is 11.3 Å². The predicted molar refractivity (Wildman–Crippen MR) is 59.0 cm³/mol. The Hall–Kier alpha value is -1.91. The molecule has 94 valence electrons. The van der Waals surface area contributed by atoms with Gasteiger partial charge in [0.1, 0.15) is 0 Å². The molecule has 0 unspecified atom stereocenters. The highest BCUT2D eigenvalue weighted by Crippen LogP contribution is 2.30. The van der Waals surface area contributed by atoms with Crippen molar-refractivity contribution in [1.29, 1.82) is 0 Å². The van der Waals surface area contributed by atoms with Crippen molar-refractivity contribution in [3.63, 3.8) is 0 Å². The lowest BCUT2D eigenvalue weighted by atomic mass is 10.1. The fourth-order valence-electron chi connectivity index (χ4n) is 1.65. The van der Waals surface area contributed by atoms with Crippen LogP contribution >= 0.6 is 0 Å². The first kappa shape index (κ1) is 12.5. The first-order valence-electron chi connectivity index (χ1n) is 5.20. The molecule has 18 heavy (non-hydrogen) atoms. The third-order valence-corrected chi connectivity index (χ3v) is 2.63. The summed E-state index contributed by atoms with van der Waals surface area (Å²) in [6.07, 6.45) is 0. The van der Waals surface area contributed by atoms with Crippen LogP contribution in [-0.4, -0.2) is 4.98 Å². The fourth-order valence-corrected chi connectivity index (χ4v) is 1.65. The van der Waals surface area contributed by atoms with Gasteiger partial charge in [0, 0.05) is 11.3 Å². The van der Waals surface area contributed by atoms with Crippen LogP contribution in [0.2, 0.25) is 0 Å². The highest BCUT2D eigenvalue weighted by atomic mass is 19.2. The van der Waals surface area contributed by atoms with Gasteiger partial charge in [0.15, 0.2) is 23.3 Å². The summed E-state index contributed by atoms with van der Waals surface area (Å²) in [7, 11) is 0. The Morgan fingerprint density at radius 1 is 0.833 bits per heavy atom. The Kier molecular flexibility index (Phi) is 3.07. The highest BCUT2D eigenvalue weighted by Gasteiger charge is 2.24. The minimum atomic E-state index is -1.43.